The number of nitrogens with one attached hydrogen (secondary N) is 4. The van der Waals surface area contributed by atoms with Crippen molar-refractivity contribution in [2.75, 3.05) is 6.54 Å². The van der Waals surface area contributed by atoms with Gasteiger partial charge < -0.3 is 25.6 Å². The monoisotopic (exact) mass is 812 g/mol. The lowest BCUT2D eigenvalue weighted by molar-refractivity contribution is -0.143. The van der Waals surface area contributed by atoms with E-state index in [1.54, 1.807) is 12.1 Å². The third kappa shape index (κ3) is 9.12. The van der Waals surface area contributed by atoms with Crippen LogP contribution in [0.5, 0.6) is 0 Å². The van der Waals surface area contributed by atoms with E-state index in [0.717, 1.165) is 38.5 Å². The number of halogens is 1. The first-order chi connectivity index (χ1) is 27.3. The van der Waals surface area contributed by atoms with Gasteiger partial charge in [0.15, 0.2) is 0 Å². The zero-order valence-corrected chi connectivity index (χ0v) is 33.1. The largest absolute Gasteiger partial charge is 0.444 e. The van der Waals surface area contributed by atoms with E-state index in [1.165, 1.54) is 22.8 Å². The first-order valence-electron chi connectivity index (χ1n) is 20.4. The molecule has 1 aromatic rings. The van der Waals surface area contributed by atoms with Crippen molar-refractivity contribution in [3.8, 4) is 0 Å². The molecule has 0 spiro atoms. The van der Waals surface area contributed by atoms with E-state index in [2.05, 4.69) is 20.7 Å². The topological polar surface area (TPSA) is 200 Å². The number of nitrogens with zero attached hydrogens (tertiary/aromatic N) is 2. The second kappa shape index (κ2) is 16.7. The fourth-order valence-electron chi connectivity index (χ4n) is 8.92. The van der Waals surface area contributed by atoms with Gasteiger partial charge in [-0.05, 0) is 68.9 Å². The number of carbonyl (C=O) groups is 6. The standard InChI is InChI=1S/C40H53FN6O9S/c1-24(48)42-34(25-11-6-5-7-12-25)36(50)43-32-16-9-4-2-3-8-14-27-20-40(27,38(52)45-57(54,55)29-17-18-29)44-35(49)33-19-28(22-47(33)37(32)51)56-39(53)46-21-26-13-10-15-31(41)30(26)23-46/h8,10,13-15,25,27-29,32-34H,2-7,9,11-12,16-23H2,1H3,(H,42,48)(H,43,50)(H,44,49)(H,45,52)/b14-8-/t27-,28-,32+,33?,34+,40-/m1/s1. The number of sulfonamides is 1. The molecule has 0 bridgehead atoms. The summed E-state index contributed by atoms with van der Waals surface area (Å²) in [5.41, 5.74) is -0.554. The molecule has 57 heavy (non-hydrogen) atoms. The fraction of sp³-hybridized carbons (Fsp3) is 0.650. The van der Waals surface area contributed by atoms with Crippen molar-refractivity contribution in [1.29, 1.82) is 0 Å². The van der Waals surface area contributed by atoms with Crippen LogP contribution in [0.25, 0.3) is 0 Å². The van der Waals surface area contributed by atoms with Gasteiger partial charge in [0.25, 0.3) is 5.91 Å². The van der Waals surface area contributed by atoms with E-state index in [-0.39, 0.29) is 50.7 Å². The number of rotatable bonds is 8. The summed E-state index contributed by atoms with van der Waals surface area (Å²) in [6.07, 6.45) is 10.1. The molecule has 6 aliphatic rings. The predicted octanol–water partition coefficient (Wildman–Crippen LogP) is 2.82. The molecule has 1 saturated heterocycles. The van der Waals surface area contributed by atoms with Crippen LogP contribution in [0.15, 0.2) is 30.4 Å². The van der Waals surface area contributed by atoms with Gasteiger partial charge in [0.2, 0.25) is 33.7 Å². The minimum atomic E-state index is -3.94. The van der Waals surface area contributed by atoms with Gasteiger partial charge in [0.1, 0.15) is 35.6 Å². The number of benzene rings is 1. The van der Waals surface area contributed by atoms with Crippen molar-refractivity contribution < 1.29 is 46.3 Å². The Morgan fingerprint density at radius 1 is 0.982 bits per heavy atom. The molecule has 6 atom stereocenters. The highest BCUT2D eigenvalue weighted by Crippen LogP contribution is 2.46. The van der Waals surface area contributed by atoms with Crippen LogP contribution in [0.1, 0.15) is 108 Å². The predicted molar refractivity (Wildman–Crippen MR) is 203 cm³/mol. The number of amides is 6. The van der Waals surface area contributed by atoms with Crippen LogP contribution in [0.2, 0.25) is 0 Å². The molecule has 310 valence electrons. The fourth-order valence-corrected chi connectivity index (χ4v) is 10.3. The van der Waals surface area contributed by atoms with Gasteiger partial charge in [0.05, 0.1) is 18.3 Å². The Morgan fingerprint density at radius 2 is 1.72 bits per heavy atom. The van der Waals surface area contributed by atoms with E-state index in [9.17, 15) is 41.6 Å². The summed E-state index contributed by atoms with van der Waals surface area (Å²) in [7, 11) is -3.94. The molecule has 15 nitrogen and oxygen atoms in total. The number of allylic oxidation sites excluding steroid dienone is 1. The molecular formula is C40H53FN6O9S. The summed E-state index contributed by atoms with van der Waals surface area (Å²) in [4.78, 5) is 85.2. The lowest BCUT2D eigenvalue weighted by Crippen LogP contribution is -2.59. The minimum Gasteiger partial charge on any atom is -0.444 e. The van der Waals surface area contributed by atoms with Gasteiger partial charge in [-0.25, -0.2) is 17.6 Å². The lowest BCUT2D eigenvalue weighted by atomic mass is 9.83. The summed E-state index contributed by atoms with van der Waals surface area (Å²) in [6.45, 7) is 1.24. The second-order valence-corrected chi connectivity index (χ2v) is 18.6. The van der Waals surface area contributed by atoms with Gasteiger partial charge in [-0.15, -0.1) is 0 Å². The number of fused-ring (bicyclic) bond motifs is 3. The van der Waals surface area contributed by atoms with E-state index >= 15 is 0 Å². The molecule has 6 amide bonds. The molecule has 4 fully saturated rings. The van der Waals surface area contributed by atoms with Crippen LogP contribution in [0.4, 0.5) is 9.18 Å². The van der Waals surface area contributed by atoms with Crippen LogP contribution >= 0.6 is 0 Å². The van der Waals surface area contributed by atoms with Gasteiger partial charge in [-0.2, -0.15) is 0 Å². The van der Waals surface area contributed by atoms with E-state index in [1.807, 2.05) is 12.2 Å². The van der Waals surface area contributed by atoms with E-state index in [4.69, 9.17) is 4.74 Å². The van der Waals surface area contributed by atoms with Crippen molar-refractivity contribution in [2.24, 2.45) is 11.8 Å². The molecule has 1 aromatic carbocycles. The minimum absolute atomic E-state index is 0.0129. The Kier molecular flexibility index (Phi) is 11.9. The second-order valence-electron chi connectivity index (χ2n) is 16.6. The third-order valence-electron chi connectivity index (χ3n) is 12.4. The molecule has 3 heterocycles. The maximum Gasteiger partial charge on any atom is 0.410 e. The van der Waals surface area contributed by atoms with Gasteiger partial charge in [-0.3, -0.25) is 33.6 Å². The smallest absolute Gasteiger partial charge is 0.410 e. The lowest BCUT2D eigenvalue weighted by Gasteiger charge is -2.33. The number of hydrogen-bond acceptors (Lipinski definition) is 9. The Morgan fingerprint density at radius 3 is 2.44 bits per heavy atom. The summed E-state index contributed by atoms with van der Waals surface area (Å²) < 4.78 is 48.3. The molecule has 0 aromatic heterocycles. The number of ether oxygens (including phenoxy) is 1. The van der Waals surface area contributed by atoms with Crippen LogP contribution < -0.4 is 20.7 Å². The van der Waals surface area contributed by atoms with Crippen molar-refractivity contribution in [2.45, 2.75) is 145 Å². The zero-order chi connectivity index (χ0) is 40.5. The highest BCUT2D eigenvalue weighted by Gasteiger charge is 2.62. The van der Waals surface area contributed by atoms with Gasteiger partial charge >= 0.3 is 6.09 Å². The van der Waals surface area contributed by atoms with Crippen LogP contribution in [-0.4, -0.2) is 95.4 Å². The summed E-state index contributed by atoms with van der Waals surface area (Å²) in [5, 5.41) is 7.86. The normalized spacial score (nSPS) is 29.3. The first-order valence-corrected chi connectivity index (χ1v) is 21.9. The molecule has 3 aliphatic carbocycles. The van der Waals surface area contributed by atoms with Crippen LogP contribution in [0, 0.1) is 17.7 Å². The van der Waals surface area contributed by atoms with Crippen molar-refractivity contribution in [3.05, 3.63) is 47.3 Å². The maximum atomic E-state index is 14.7. The number of carbonyl (C=O) groups excluding carboxylic acids is 6. The Balaban J connectivity index is 1.15. The Labute approximate surface area is 332 Å². The third-order valence-corrected chi connectivity index (χ3v) is 14.2. The van der Waals surface area contributed by atoms with Crippen LogP contribution in [-0.2, 0) is 51.8 Å². The van der Waals surface area contributed by atoms with Gasteiger partial charge in [0, 0.05) is 31.4 Å². The van der Waals surface area contributed by atoms with E-state index in [0.29, 0.717) is 43.2 Å². The van der Waals surface area contributed by atoms with E-state index < -0.39 is 86.5 Å². The van der Waals surface area contributed by atoms with Crippen molar-refractivity contribution in [1.82, 2.24) is 30.5 Å². The molecule has 17 heteroatoms. The average molecular weight is 813 g/mol. The SMILES string of the molecule is CC(=O)N[C@H](C(=O)N[C@H]1CCCCC/C=C\[C@@H]2C[C@@]2(C(=O)NS(=O)(=O)C2CC2)NC(=O)C2C[C@@H](OC(=O)N3Cc4cccc(F)c4C3)CN2C1=O)C1CCCCC1. The average Bonchev–Trinajstić information content (AvgIpc) is 4.06. The highest BCUT2D eigenvalue weighted by molar-refractivity contribution is 7.91. The van der Waals surface area contributed by atoms with Crippen LogP contribution in [0.3, 0.4) is 0 Å². The van der Waals surface area contributed by atoms with Crippen molar-refractivity contribution in [3.63, 3.8) is 0 Å². The first kappa shape index (κ1) is 40.6. The molecule has 3 aliphatic heterocycles. The Hall–Kier alpha value is -4.54. The maximum absolute atomic E-state index is 14.7. The molecule has 7 rings (SSSR count). The quantitative estimate of drug-likeness (QED) is 0.285. The zero-order valence-electron chi connectivity index (χ0n) is 32.3. The molecule has 4 N–H and O–H groups in total. The van der Waals surface area contributed by atoms with Gasteiger partial charge in [-0.1, -0.05) is 56.4 Å². The summed E-state index contributed by atoms with van der Waals surface area (Å²) in [6, 6.07) is 1.41. The number of hydrogen-bond donors (Lipinski definition) is 4. The summed E-state index contributed by atoms with van der Waals surface area (Å²) >= 11 is 0. The highest BCUT2D eigenvalue weighted by atomic mass is 32.2. The Bertz CT molecular complexity index is 1920. The van der Waals surface area contributed by atoms with Crippen molar-refractivity contribution >= 4 is 45.7 Å². The summed E-state index contributed by atoms with van der Waals surface area (Å²) in [5.74, 6) is -4.06. The molecule has 1 unspecified atom stereocenters. The molecular weight excluding hydrogens is 760 g/mol. The molecule has 3 saturated carbocycles. The molecule has 0 radical (unpaired) electrons.